The van der Waals surface area contributed by atoms with Crippen molar-refractivity contribution >= 4 is 89.5 Å². The first-order valence-electron chi connectivity index (χ1n) is 38.3. The molecule has 2 aliphatic rings. The van der Waals surface area contributed by atoms with Gasteiger partial charge in [0.1, 0.15) is 0 Å². The van der Waals surface area contributed by atoms with Crippen LogP contribution in [-0.2, 0) is 0 Å². The highest BCUT2D eigenvalue weighted by molar-refractivity contribution is 7.99. The van der Waals surface area contributed by atoms with E-state index < -0.39 is 0 Å². The van der Waals surface area contributed by atoms with E-state index in [0.29, 0.717) is 11.6 Å². The third-order valence-corrected chi connectivity index (χ3v) is 22.7. The number of aromatic nitrogens is 6. The van der Waals surface area contributed by atoms with Crippen molar-refractivity contribution in [3.8, 4) is 113 Å². The van der Waals surface area contributed by atoms with Gasteiger partial charge in [-0.2, -0.15) is 0 Å². The van der Waals surface area contributed by atoms with Gasteiger partial charge in [0.05, 0.1) is 67.6 Å². The van der Waals surface area contributed by atoms with Crippen molar-refractivity contribution in [1.82, 2.24) is 29.1 Å². The predicted molar refractivity (Wildman–Crippen MR) is 470 cm³/mol. The second kappa shape index (κ2) is 28.8. The van der Waals surface area contributed by atoms with Gasteiger partial charge in [-0.1, -0.05) is 267 Å². The lowest BCUT2D eigenvalue weighted by Crippen LogP contribution is -2.15. The molecule has 4 aromatic heterocycles. The first-order chi connectivity index (χ1) is 56.5. The molecule has 22 rings (SSSR count). The van der Waals surface area contributed by atoms with Crippen molar-refractivity contribution in [2.45, 2.75) is 9.79 Å². The number of para-hydroxylation sites is 8. The summed E-state index contributed by atoms with van der Waals surface area (Å²) in [5.41, 5.74) is 27.8. The number of benzene rings is 16. The molecule has 0 N–H and O–H groups in total. The number of hydrogen-bond donors (Lipinski definition) is 0. The maximum atomic E-state index is 6.27. The number of hydrogen-bond acceptors (Lipinski definition) is 8. The van der Waals surface area contributed by atoms with Crippen LogP contribution in [0.3, 0.4) is 0 Å². The highest BCUT2D eigenvalue weighted by Gasteiger charge is 2.28. The van der Waals surface area contributed by atoms with Crippen molar-refractivity contribution in [3.05, 3.63) is 413 Å². The largest absolute Gasteiger partial charge is 0.453 e. The minimum Gasteiger partial charge on any atom is -0.453 e. The summed E-state index contributed by atoms with van der Waals surface area (Å²) in [6.45, 7) is 0. The fourth-order valence-corrected chi connectivity index (χ4v) is 17.2. The Balaban J connectivity index is 0.000000143. The summed E-state index contributed by atoms with van der Waals surface area (Å²) < 4.78 is 11.0. The zero-order chi connectivity index (χ0) is 75.4. The Bertz CT molecular complexity index is 6420. The second-order valence-corrected chi connectivity index (χ2v) is 29.6. The second-order valence-electron chi connectivity index (χ2n) is 28.5. The fourth-order valence-electron chi connectivity index (χ4n) is 16.2. The highest BCUT2D eigenvalue weighted by Crippen LogP contribution is 2.53. The molecule has 6 heterocycles. The zero-order valence-electron chi connectivity index (χ0n) is 61.7. The van der Waals surface area contributed by atoms with Crippen LogP contribution in [-0.4, -0.2) is 29.1 Å². The lowest BCUT2D eigenvalue weighted by Gasteiger charge is -2.32. The van der Waals surface area contributed by atoms with Crippen LogP contribution in [0.1, 0.15) is 0 Å². The number of ether oxygens (including phenoxy) is 1. The van der Waals surface area contributed by atoms with Gasteiger partial charge in [-0.05, 0) is 180 Å². The number of anilines is 6. The molecule has 10 heteroatoms. The van der Waals surface area contributed by atoms with Crippen molar-refractivity contribution in [3.63, 3.8) is 0 Å². The van der Waals surface area contributed by atoms with Crippen molar-refractivity contribution < 1.29 is 4.74 Å². The van der Waals surface area contributed by atoms with E-state index in [1.54, 1.807) is 0 Å². The van der Waals surface area contributed by atoms with E-state index in [2.05, 4.69) is 359 Å². The average molecular weight is 1480 g/mol. The summed E-state index contributed by atoms with van der Waals surface area (Å²) in [6.07, 6.45) is 0. The summed E-state index contributed by atoms with van der Waals surface area (Å²) >= 11 is 1.83. The standard InChI is InChI=1S/C52H34N4O.C52H34N4S/c2*1-3-14-35(15-4-1)44-34-45(36-16-5-2-6-17-36)54-52(53-44)39-19-13-18-37(32-39)38-26-31-47-43(33-38)42-20-7-8-21-46(42)55(47)40-27-29-41(30-28-40)56-48-22-9-11-24-50(48)57-51-25-12-10-23-49(51)56/h2*1-34H. The minimum atomic E-state index is 0.697. The summed E-state index contributed by atoms with van der Waals surface area (Å²) in [5, 5.41) is 4.83. The van der Waals surface area contributed by atoms with Gasteiger partial charge in [-0.15, -0.1) is 0 Å². The molecule has 536 valence electrons. The third-order valence-electron chi connectivity index (χ3n) is 21.6. The van der Waals surface area contributed by atoms with Gasteiger partial charge >= 0.3 is 0 Å². The Morgan fingerprint density at radius 2 is 0.500 bits per heavy atom. The Morgan fingerprint density at radius 3 is 0.904 bits per heavy atom. The van der Waals surface area contributed by atoms with Gasteiger partial charge in [0.2, 0.25) is 0 Å². The first-order valence-corrected chi connectivity index (χ1v) is 39.1. The van der Waals surface area contributed by atoms with E-state index in [9.17, 15) is 0 Å². The maximum absolute atomic E-state index is 6.27. The van der Waals surface area contributed by atoms with E-state index in [-0.39, 0.29) is 0 Å². The molecule has 0 saturated carbocycles. The van der Waals surface area contributed by atoms with Crippen LogP contribution in [0.2, 0.25) is 0 Å². The van der Waals surface area contributed by atoms with Crippen LogP contribution >= 0.6 is 11.8 Å². The first kappa shape index (κ1) is 67.2. The monoisotopic (exact) mass is 1480 g/mol. The number of fused-ring (bicyclic) bond motifs is 10. The maximum Gasteiger partial charge on any atom is 0.160 e. The smallest absolute Gasteiger partial charge is 0.160 e. The molecule has 16 aromatic carbocycles. The molecule has 0 radical (unpaired) electrons. The molecule has 0 unspecified atom stereocenters. The molecule has 0 bridgehead atoms. The van der Waals surface area contributed by atoms with Crippen LogP contribution in [0.4, 0.5) is 34.1 Å². The molecule has 20 aromatic rings. The van der Waals surface area contributed by atoms with Gasteiger partial charge in [0, 0.05) is 87.5 Å². The van der Waals surface area contributed by atoms with Crippen LogP contribution < -0.4 is 14.5 Å². The summed E-state index contributed by atoms with van der Waals surface area (Å²) in [6, 6.07) is 145. The van der Waals surface area contributed by atoms with Gasteiger partial charge < -0.3 is 23.7 Å². The summed E-state index contributed by atoms with van der Waals surface area (Å²) in [4.78, 5) is 27.6. The van der Waals surface area contributed by atoms with E-state index in [0.717, 1.165) is 135 Å². The molecule has 2 aliphatic heterocycles. The van der Waals surface area contributed by atoms with Crippen molar-refractivity contribution in [2.75, 3.05) is 9.80 Å². The van der Waals surface area contributed by atoms with E-state index >= 15 is 0 Å². The Labute approximate surface area is 663 Å². The van der Waals surface area contributed by atoms with Gasteiger partial charge in [-0.3, -0.25) is 0 Å². The molecule has 9 nitrogen and oxygen atoms in total. The van der Waals surface area contributed by atoms with Crippen LogP contribution in [0.25, 0.3) is 145 Å². The molecule has 0 saturated heterocycles. The lowest BCUT2D eigenvalue weighted by molar-refractivity contribution is 0.477. The highest BCUT2D eigenvalue weighted by atomic mass is 32.2. The van der Waals surface area contributed by atoms with Gasteiger partial charge in [0.15, 0.2) is 23.1 Å². The topological polar surface area (TPSA) is 77.1 Å². The minimum absolute atomic E-state index is 0.697. The Hall–Kier alpha value is -15.0. The number of nitrogens with zero attached hydrogens (tertiary/aromatic N) is 8. The average Bonchev–Trinajstić information content (AvgIpc) is 1.54. The number of rotatable bonds is 12. The third kappa shape index (κ3) is 12.4. The fraction of sp³-hybridized carbons (Fsp3) is 0. The molecular weight excluding hydrogens is 1410 g/mol. The molecular formula is C104H68N8OS. The quantitative estimate of drug-likeness (QED) is 0.120. The molecule has 0 atom stereocenters. The molecule has 0 fully saturated rings. The summed E-state index contributed by atoms with van der Waals surface area (Å²) in [7, 11) is 0. The zero-order valence-corrected chi connectivity index (χ0v) is 62.5. The summed E-state index contributed by atoms with van der Waals surface area (Å²) in [5.74, 6) is 3.08. The predicted octanol–water partition coefficient (Wildman–Crippen LogP) is 28.0. The SMILES string of the molecule is c1ccc(-c2cc(-c3ccccc3)nc(-c3cccc(-c4ccc5c(c4)c4ccccc4n5-c4ccc(N5c6ccccc6Oc6ccccc65)cc4)c3)n2)cc1.c1ccc(-c2cc(-c3ccccc3)nc(-c3cccc(-c4ccc5c(c4)c4ccccc4n5-c4ccc(N5c6ccccc6Sc6ccccc65)cc4)c3)n2)cc1. The lowest BCUT2D eigenvalue weighted by atomic mass is 10.00. The van der Waals surface area contributed by atoms with Crippen LogP contribution in [0.15, 0.2) is 422 Å². The molecule has 0 aliphatic carbocycles. The van der Waals surface area contributed by atoms with Crippen molar-refractivity contribution in [2.24, 2.45) is 0 Å². The van der Waals surface area contributed by atoms with E-state index in [4.69, 9.17) is 24.7 Å². The molecule has 0 spiro atoms. The van der Waals surface area contributed by atoms with Gasteiger partial charge in [0.25, 0.3) is 0 Å². The van der Waals surface area contributed by atoms with E-state index in [1.807, 2.05) is 84.6 Å². The van der Waals surface area contributed by atoms with Crippen LogP contribution in [0.5, 0.6) is 11.5 Å². The normalized spacial score (nSPS) is 12.0. The van der Waals surface area contributed by atoms with Crippen molar-refractivity contribution in [1.29, 1.82) is 0 Å². The molecule has 114 heavy (non-hydrogen) atoms. The van der Waals surface area contributed by atoms with Gasteiger partial charge in [-0.25, -0.2) is 19.9 Å². The Morgan fingerprint density at radius 1 is 0.202 bits per heavy atom. The molecule has 0 amide bonds. The Kier molecular flexibility index (Phi) is 17.0. The van der Waals surface area contributed by atoms with E-state index in [1.165, 1.54) is 53.7 Å². The van der Waals surface area contributed by atoms with Crippen LogP contribution in [0, 0.1) is 0 Å².